The Bertz CT molecular complexity index is 325. The molecule has 0 spiro atoms. The maximum Gasteiger partial charge on any atom is 0.103 e. The minimum absolute atomic E-state index is 0.895. The van der Waals surface area contributed by atoms with Gasteiger partial charge in [-0.15, -0.1) is 0 Å². The Morgan fingerprint density at radius 3 is 2.69 bits per heavy atom. The van der Waals surface area contributed by atoms with E-state index >= 15 is 0 Å². The first-order chi connectivity index (χ1) is 6.45. The van der Waals surface area contributed by atoms with E-state index in [1.807, 2.05) is 42.5 Å². The Balaban J connectivity index is 2.06. The van der Waals surface area contributed by atoms with Crippen LogP contribution in [0.25, 0.3) is 0 Å². The van der Waals surface area contributed by atoms with Crippen molar-refractivity contribution >= 4 is 5.69 Å². The topological polar surface area (TPSA) is 24.1 Å². The molecule has 1 aliphatic heterocycles. The minimum Gasteiger partial charge on any atom is -0.368 e. The van der Waals surface area contributed by atoms with E-state index in [0.29, 0.717) is 0 Å². The van der Waals surface area contributed by atoms with Crippen LogP contribution < -0.4 is 10.6 Å². The molecule has 0 aliphatic carbocycles. The van der Waals surface area contributed by atoms with Gasteiger partial charge in [-0.1, -0.05) is 30.4 Å². The lowest BCUT2D eigenvalue weighted by Gasteiger charge is -2.13. The van der Waals surface area contributed by atoms with E-state index in [9.17, 15) is 0 Å². The van der Waals surface area contributed by atoms with Crippen LogP contribution in [0.3, 0.4) is 0 Å². The quantitative estimate of drug-likeness (QED) is 0.713. The Labute approximate surface area is 78.0 Å². The lowest BCUT2D eigenvalue weighted by molar-refractivity contribution is 0.897. The standard InChI is InChI=1S/C11H12N2/c1-2-6-10(7-3-1)13-11-8-4-5-9-12-11/h1-8,12-13H,9H2. The van der Waals surface area contributed by atoms with Gasteiger partial charge >= 0.3 is 0 Å². The van der Waals surface area contributed by atoms with E-state index in [-0.39, 0.29) is 0 Å². The molecular formula is C11H12N2. The van der Waals surface area contributed by atoms with Crippen LogP contribution in [0.2, 0.25) is 0 Å². The van der Waals surface area contributed by atoms with Crippen LogP contribution in [-0.2, 0) is 0 Å². The molecule has 0 bridgehead atoms. The van der Waals surface area contributed by atoms with Crippen LogP contribution in [0.15, 0.2) is 54.4 Å². The second kappa shape index (κ2) is 3.81. The molecule has 0 radical (unpaired) electrons. The second-order valence-corrected chi connectivity index (χ2v) is 2.88. The normalized spacial score (nSPS) is 14.6. The highest BCUT2D eigenvalue weighted by molar-refractivity contribution is 5.48. The zero-order chi connectivity index (χ0) is 8.93. The van der Waals surface area contributed by atoms with Gasteiger partial charge in [-0.3, -0.25) is 0 Å². The van der Waals surface area contributed by atoms with Gasteiger partial charge in [0.15, 0.2) is 0 Å². The first-order valence-electron chi connectivity index (χ1n) is 4.38. The van der Waals surface area contributed by atoms with Crippen LogP contribution in [0.4, 0.5) is 5.69 Å². The maximum atomic E-state index is 3.28. The number of dihydropyridines is 1. The zero-order valence-electron chi connectivity index (χ0n) is 7.33. The van der Waals surface area contributed by atoms with Crippen molar-refractivity contribution in [1.29, 1.82) is 0 Å². The molecule has 0 saturated heterocycles. The fraction of sp³-hybridized carbons (Fsp3) is 0.0909. The first-order valence-corrected chi connectivity index (χ1v) is 4.38. The number of para-hydroxylation sites is 1. The molecule has 0 unspecified atom stereocenters. The predicted molar refractivity (Wildman–Crippen MR) is 55.3 cm³/mol. The highest BCUT2D eigenvalue weighted by Gasteiger charge is 1.96. The van der Waals surface area contributed by atoms with Crippen molar-refractivity contribution in [1.82, 2.24) is 5.32 Å². The van der Waals surface area contributed by atoms with Gasteiger partial charge in [0.1, 0.15) is 5.82 Å². The van der Waals surface area contributed by atoms with Gasteiger partial charge in [-0.25, -0.2) is 0 Å². The molecule has 0 fully saturated rings. The fourth-order valence-corrected chi connectivity index (χ4v) is 1.22. The molecule has 0 atom stereocenters. The summed E-state index contributed by atoms with van der Waals surface area (Å²) in [5, 5.41) is 6.51. The number of nitrogens with one attached hydrogen (secondary N) is 2. The molecule has 2 nitrogen and oxygen atoms in total. The Morgan fingerprint density at radius 2 is 2.00 bits per heavy atom. The predicted octanol–water partition coefficient (Wildman–Crippen LogP) is 2.10. The third-order valence-electron chi connectivity index (χ3n) is 1.86. The lowest BCUT2D eigenvalue weighted by atomic mass is 10.3. The van der Waals surface area contributed by atoms with Crippen LogP contribution >= 0.6 is 0 Å². The molecule has 0 saturated carbocycles. The van der Waals surface area contributed by atoms with E-state index in [1.165, 1.54) is 0 Å². The summed E-state index contributed by atoms with van der Waals surface area (Å²) in [7, 11) is 0. The number of benzene rings is 1. The van der Waals surface area contributed by atoms with Gasteiger partial charge in [0.05, 0.1) is 0 Å². The van der Waals surface area contributed by atoms with Gasteiger partial charge in [-0.2, -0.15) is 0 Å². The Morgan fingerprint density at radius 1 is 1.15 bits per heavy atom. The van der Waals surface area contributed by atoms with E-state index in [4.69, 9.17) is 0 Å². The average molecular weight is 172 g/mol. The summed E-state index contributed by atoms with van der Waals surface area (Å²) in [6.45, 7) is 0.895. The van der Waals surface area contributed by atoms with E-state index in [2.05, 4.69) is 16.7 Å². The molecule has 2 rings (SSSR count). The summed E-state index contributed by atoms with van der Waals surface area (Å²) in [5.41, 5.74) is 1.11. The molecule has 1 aromatic carbocycles. The molecule has 2 N–H and O–H groups in total. The summed E-state index contributed by atoms with van der Waals surface area (Å²) in [4.78, 5) is 0. The second-order valence-electron chi connectivity index (χ2n) is 2.88. The van der Waals surface area contributed by atoms with Crippen molar-refractivity contribution in [3.63, 3.8) is 0 Å². The third-order valence-corrected chi connectivity index (χ3v) is 1.86. The minimum atomic E-state index is 0.895. The molecule has 1 heterocycles. The molecular weight excluding hydrogens is 160 g/mol. The molecule has 1 aromatic rings. The maximum absolute atomic E-state index is 3.28. The van der Waals surface area contributed by atoms with E-state index in [1.54, 1.807) is 0 Å². The number of anilines is 1. The molecule has 0 amide bonds. The van der Waals surface area contributed by atoms with Crippen molar-refractivity contribution in [3.8, 4) is 0 Å². The van der Waals surface area contributed by atoms with Crippen molar-refractivity contribution in [2.24, 2.45) is 0 Å². The highest BCUT2D eigenvalue weighted by atomic mass is 15.1. The summed E-state index contributed by atoms with van der Waals surface area (Å²) in [6.07, 6.45) is 6.15. The van der Waals surface area contributed by atoms with Crippen LogP contribution in [0, 0.1) is 0 Å². The number of hydrogen-bond donors (Lipinski definition) is 2. The largest absolute Gasteiger partial charge is 0.368 e. The van der Waals surface area contributed by atoms with Crippen molar-refractivity contribution in [2.45, 2.75) is 0 Å². The number of rotatable bonds is 2. The van der Waals surface area contributed by atoms with Gasteiger partial charge in [0.2, 0.25) is 0 Å². The number of allylic oxidation sites excluding steroid dienone is 2. The highest BCUT2D eigenvalue weighted by Crippen LogP contribution is 2.08. The number of hydrogen-bond acceptors (Lipinski definition) is 2. The van der Waals surface area contributed by atoms with Gasteiger partial charge in [0, 0.05) is 12.2 Å². The monoisotopic (exact) mass is 172 g/mol. The van der Waals surface area contributed by atoms with Crippen molar-refractivity contribution in [3.05, 3.63) is 54.4 Å². The summed E-state index contributed by atoms with van der Waals surface area (Å²) in [6, 6.07) is 10.1. The average Bonchev–Trinajstić information content (AvgIpc) is 2.21. The van der Waals surface area contributed by atoms with Crippen LogP contribution in [0.1, 0.15) is 0 Å². The van der Waals surface area contributed by atoms with Gasteiger partial charge in [0.25, 0.3) is 0 Å². The molecule has 1 aliphatic rings. The van der Waals surface area contributed by atoms with Crippen molar-refractivity contribution < 1.29 is 0 Å². The van der Waals surface area contributed by atoms with Gasteiger partial charge in [-0.05, 0) is 18.2 Å². The van der Waals surface area contributed by atoms with Gasteiger partial charge < -0.3 is 10.6 Å². The van der Waals surface area contributed by atoms with E-state index in [0.717, 1.165) is 18.1 Å². The first kappa shape index (κ1) is 7.92. The molecule has 66 valence electrons. The summed E-state index contributed by atoms with van der Waals surface area (Å²) in [5.74, 6) is 1.05. The lowest BCUT2D eigenvalue weighted by Crippen LogP contribution is -2.21. The molecule has 0 aromatic heterocycles. The summed E-state index contributed by atoms with van der Waals surface area (Å²) >= 11 is 0. The Kier molecular flexibility index (Phi) is 2.32. The third kappa shape index (κ3) is 2.12. The van der Waals surface area contributed by atoms with Crippen LogP contribution in [0.5, 0.6) is 0 Å². The Hall–Kier alpha value is -1.70. The SMILES string of the molecule is C1=CCNC(Nc2ccccc2)=C1. The fourth-order valence-electron chi connectivity index (χ4n) is 1.22. The smallest absolute Gasteiger partial charge is 0.103 e. The molecule has 13 heavy (non-hydrogen) atoms. The van der Waals surface area contributed by atoms with Crippen molar-refractivity contribution in [2.75, 3.05) is 11.9 Å². The van der Waals surface area contributed by atoms with Crippen LogP contribution in [-0.4, -0.2) is 6.54 Å². The van der Waals surface area contributed by atoms with E-state index < -0.39 is 0 Å². The summed E-state index contributed by atoms with van der Waals surface area (Å²) < 4.78 is 0. The molecule has 2 heteroatoms. The zero-order valence-corrected chi connectivity index (χ0v) is 7.33.